The summed E-state index contributed by atoms with van der Waals surface area (Å²) in [7, 11) is 3.65. The van der Waals surface area contributed by atoms with Crippen molar-refractivity contribution in [3.05, 3.63) is 29.8 Å². The van der Waals surface area contributed by atoms with E-state index < -0.39 is 0 Å². The first-order chi connectivity index (χ1) is 10.2. The summed E-state index contributed by atoms with van der Waals surface area (Å²) < 4.78 is 5.15. The highest BCUT2D eigenvalue weighted by atomic mass is 16.5. The molecule has 0 atom stereocenters. The van der Waals surface area contributed by atoms with E-state index in [4.69, 9.17) is 4.74 Å². The molecule has 0 saturated heterocycles. The molecular formula is C18H27NO2. The van der Waals surface area contributed by atoms with Crippen LogP contribution in [0.15, 0.2) is 24.3 Å². The van der Waals surface area contributed by atoms with Gasteiger partial charge >= 0.3 is 0 Å². The minimum Gasteiger partial charge on any atom is -0.497 e. The first kappa shape index (κ1) is 15.9. The molecule has 1 aliphatic rings. The highest BCUT2D eigenvalue weighted by molar-refractivity contribution is 5.76. The normalized spacial score (nSPS) is 16.3. The van der Waals surface area contributed by atoms with Crippen LogP contribution in [0.2, 0.25) is 0 Å². The maximum Gasteiger partial charge on any atom is 0.222 e. The van der Waals surface area contributed by atoms with E-state index in [1.54, 1.807) is 7.11 Å². The predicted molar refractivity (Wildman–Crippen MR) is 85.6 cm³/mol. The van der Waals surface area contributed by atoms with Crippen molar-refractivity contribution in [2.75, 3.05) is 14.2 Å². The first-order valence-electron chi connectivity index (χ1n) is 8.09. The van der Waals surface area contributed by atoms with Crippen molar-refractivity contribution in [3.63, 3.8) is 0 Å². The summed E-state index contributed by atoms with van der Waals surface area (Å²) in [6, 6.07) is 8.44. The molecule has 1 saturated carbocycles. The molecule has 21 heavy (non-hydrogen) atoms. The van der Waals surface area contributed by atoms with Crippen molar-refractivity contribution in [2.45, 2.75) is 57.4 Å². The zero-order valence-electron chi connectivity index (χ0n) is 13.3. The smallest absolute Gasteiger partial charge is 0.222 e. The van der Waals surface area contributed by atoms with E-state index in [9.17, 15) is 4.79 Å². The molecule has 0 aliphatic heterocycles. The molecular weight excluding hydrogens is 262 g/mol. The quantitative estimate of drug-likeness (QED) is 0.771. The molecule has 0 unspecified atom stereocenters. The Morgan fingerprint density at radius 1 is 1.14 bits per heavy atom. The van der Waals surface area contributed by atoms with Crippen LogP contribution in [0, 0.1) is 0 Å². The lowest BCUT2D eigenvalue weighted by Gasteiger charge is -2.27. The van der Waals surface area contributed by atoms with Gasteiger partial charge in [-0.2, -0.15) is 0 Å². The van der Waals surface area contributed by atoms with E-state index in [1.165, 1.54) is 44.1 Å². The number of hydrogen-bond donors (Lipinski definition) is 0. The molecule has 0 spiro atoms. The Morgan fingerprint density at radius 3 is 2.33 bits per heavy atom. The topological polar surface area (TPSA) is 29.5 Å². The van der Waals surface area contributed by atoms with Gasteiger partial charge in [-0.25, -0.2) is 0 Å². The van der Waals surface area contributed by atoms with Gasteiger partial charge in [-0.3, -0.25) is 4.79 Å². The van der Waals surface area contributed by atoms with Crippen LogP contribution in [0.25, 0.3) is 0 Å². The molecule has 0 radical (unpaired) electrons. The highest BCUT2D eigenvalue weighted by Gasteiger charge is 2.20. The molecule has 0 heterocycles. The van der Waals surface area contributed by atoms with Crippen LogP contribution in [0.5, 0.6) is 5.75 Å². The zero-order valence-corrected chi connectivity index (χ0v) is 13.3. The maximum atomic E-state index is 12.4. The molecule has 116 valence electrons. The molecule has 1 aromatic carbocycles. The molecule has 1 fully saturated rings. The van der Waals surface area contributed by atoms with Gasteiger partial charge in [0.05, 0.1) is 7.11 Å². The third-order valence-corrected chi connectivity index (χ3v) is 4.55. The van der Waals surface area contributed by atoms with Gasteiger partial charge in [-0.1, -0.05) is 37.8 Å². The van der Waals surface area contributed by atoms with E-state index in [2.05, 4.69) is 0 Å². The van der Waals surface area contributed by atoms with Crippen LogP contribution < -0.4 is 4.74 Å². The molecule has 1 amide bonds. The van der Waals surface area contributed by atoms with Crippen molar-refractivity contribution in [1.29, 1.82) is 0 Å². The third kappa shape index (κ3) is 4.76. The minimum absolute atomic E-state index is 0.276. The fourth-order valence-corrected chi connectivity index (χ4v) is 3.07. The van der Waals surface area contributed by atoms with Crippen LogP contribution in [0.3, 0.4) is 0 Å². The van der Waals surface area contributed by atoms with Gasteiger partial charge in [-0.05, 0) is 37.0 Å². The molecule has 1 aliphatic carbocycles. The van der Waals surface area contributed by atoms with Crippen molar-refractivity contribution in [3.8, 4) is 5.75 Å². The number of methoxy groups -OCH3 is 1. The monoisotopic (exact) mass is 289 g/mol. The number of aryl methyl sites for hydroxylation is 1. The van der Waals surface area contributed by atoms with Crippen LogP contribution in [-0.2, 0) is 11.2 Å². The first-order valence-corrected chi connectivity index (χ1v) is 8.09. The van der Waals surface area contributed by atoms with Crippen LogP contribution >= 0.6 is 0 Å². The predicted octanol–water partition coefficient (Wildman–Crippen LogP) is 3.81. The molecule has 0 N–H and O–H groups in total. The number of ether oxygens (including phenoxy) is 1. The van der Waals surface area contributed by atoms with E-state index >= 15 is 0 Å². The molecule has 2 rings (SSSR count). The molecule has 1 aromatic rings. The second-order valence-corrected chi connectivity index (χ2v) is 6.00. The lowest BCUT2D eigenvalue weighted by Crippen LogP contribution is -2.36. The zero-order chi connectivity index (χ0) is 15.1. The van der Waals surface area contributed by atoms with Crippen LogP contribution in [-0.4, -0.2) is 31.0 Å². The third-order valence-electron chi connectivity index (χ3n) is 4.55. The number of amides is 1. The Kier molecular flexibility index (Phi) is 6.09. The fourth-order valence-electron chi connectivity index (χ4n) is 3.07. The van der Waals surface area contributed by atoms with Crippen molar-refractivity contribution in [1.82, 2.24) is 4.90 Å². The average Bonchev–Trinajstić information content (AvgIpc) is 2.81. The largest absolute Gasteiger partial charge is 0.497 e. The summed E-state index contributed by atoms with van der Waals surface area (Å²) >= 11 is 0. The van der Waals surface area contributed by atoms with Crippen LogP contribution in [0.1, 0.15) is 50.5 Å². The van der Waals surface area contributed by atoms with E-state index in [-0.39, 0.29) is 5.91 Å². The maximum absolute atomic E-state index is 12.4. The lowest BCUT2D eigenvalue weighted by molar-refractivity contribution is -0.132. The van der Waals surface area contributed by atoms with Gasteiger partial charge in [0, 0.05) is 19.5 Å². The highest BCUT2D eigenvalue weighted by Crippen LogP contribution is 2.22. The standard InChI is InChI=1S/C18H27NO2/c1-19(16-7-5-3-4-6-8-16)18(20)14-11-15-9-12-17(21-2)13-10-15/h9-10,12-13,16H,3-8,11,14H2,1-2H3. The number of carbonyl (C=O) groups is 1. The summed E-state index contributed by atoms with van der Waals surface area (Å²) in [5.74, 6) is 1.14. The van der Waals surface area contributed by atoms with Gasteiger partial charge in [-0.15, -0.1) is 0 Å². The number of carbonyl (C=O) groups excluding carboxylic acids is 1. The number of benzene rings is 1. The summed E-state index contributed by atoms with van der Waals surface area (Å²) in [5.41, 5.74) is 1.19. The average molecular weight is 289 g/mol. The van der Waals surface area contributed by atoms with Gasteiger partial charge in [0.25, 0.3) is 0 Å². The van der Waals surface area contributed by atoms with Gasteiger partial charge in [0.15, 0.2) is 0 Å². The van der Waals surface area contributed by atoms with Crippen LogP contribution in [0.4, 0.5) is 0 Å². The van der Waals surface area contributed by atoms with Gasteiger partial charge < -0.3 is 9.64 Å². The number of hydrogen-bond acceptors (Lipinski definition) is 2. The Hall–Kier alpha value is -1.51. The molecule has 0 aromatic heterocycles. The summed E-state index contributed by atoms with van der Waals surface area (Å²) in [6.07, 6.45) is 8.92. The Labute approximate surface area is 128 Å². The fraction of sp³-hybridized carbons (Fsp3) is 0.611. The molecule has 0 bridgehead atoms. The van der Waals surface area contributed by atoms with E-state index in [0.29, 0.717) is 12.5 Å². The molecule has 3 nitrogen and oxygen atoms in total. The number of rotatable bonds is 5. The van der Waals surface area contributed by atoms with Crippen molar-refractivity contribution >= 4 is 5.91 Å². The van der Waals surface area contributed by atoms with Gasteiger partial charge in [0.2, 0.25) is 5.91 Å². The van der Waals surface area contributed by atoms with Crippen molar-refractivity contribution in [2.24, 2.45) is 0 Å². The minimum atomic E-state index is 0.276. The summed E-state index contributed by atoms with van der Waals surface area (Å²) in [4.78, 5) is 14.3. The Bertz CT molecular complexity index is 433. The Balaban J connectivity index is 1.82. The second-order valence-electron chi connectivity index (χ2n) is 6.00. The Morgan fingerprint density at radius 2 is 1.76 bits per heavy atom. The second kappa shape index (κ2) is 8.06. The van der Waals surface area contributed by atoms with Gasteiger partial charge in [0.1, 0.15) is 5.75 Å². The lowest BCUT2D eigenvalue weighted by atomic mass is 10.1. The SMILES string of the molecule is COc1ccc(CCC(=O)N(C)C2CCCCCC2)cc1. The van der Waals surface area contributed by atoms with Crippen molar-refractivity contribution < 1.29 is 9.53 Å². The van der Waals surface area contributed by atoms with E-state index in [0.717, 1.165) is 12.2 Å². The molecule has 3 heteroatoms. The summed E-state index contributed by atoms with van der Waals surface area (Å²) in [6.45, 7) is 0. The number of nitrogens with zero attached hydrogens (tertiary/aromatic N) is 1. The van der Waals surface area contributed by atoms with E-state index in [1.807, 2.05) is 36.2 Å². The summed E-state index contributed by atoms with van der Waals surface area (Å²) in [5, 5.41) is 0.